The third-order valence-electron chi connectivity index (χ3n) is 10.4. The van der Waals surface area contributed by atoms with E-state index in [9.17, 15) is 18.8 Å². The maximum Gasteiger partial charge on any atom is 0.318 e. The molecule has 1 saturated carbocycles. The number of amides is 1. The van der Waals surface area contributed by atoms with E-state index in [2.05, 4.69) is 34.4 Å². The van der Waals surface area contributed by atoms with Crippen LogP contribution in [0.1, 0.15) is 36.9 Å². The van der Waals surface area contributed by atoms with Gasteiger partial charge in [-0.1, -0.05) is 36.4 Å². The van der Waals surface area contributed by atoms with Crippen molar-refractivity contribution in [2.45, 2.75) is 56.8 Å². The number of piperidine rings is 1. The lowest BCUT2D eigenvalue weighted by molar-refractivity contribution is -0.131. The predicted molar refractivity (Wildman–Crippen MR) is 172 cm³/mol. The molecule has 240 valence electrons. The summed E-state index contributed by atoms with van der Waals surface area (Å²) in [5, 5.41) is 11.1. The number of ether oxygens (including phenoxy) is 1. The van der Waals surface area contributed by atoms with E-state index in [1.165, 1.54) is 30.2 Å². The van der Waals surface area contributed by atoms with Gasteiger partial charge in [-0.15, -0.1) is 0 Å². The van der Waals surface area contributed by atoms with E-state index >= 15 is 0 Å². The molecule has 0 N–H and O–H groups in total. The number of aromatic nitrogens is 2. The molecule has 1 aromatic heterocycles. The average Bonchev–Trinajstić information content (AvgIpc) is 3.66. The van der Waals surface area contributed by atoms with Gasteiger partial charge in [0, 0.05) is 54.9 Å². The Balaban J connectivity index is 1.22. The standard InChI is InChI=1S/C34H36ClF2N7O2/c1-20(36)33(45)44-15-14-43(17-24(44)10-12-38)32-25-11-13-42(28-5-3-4-21-7-9-26(37)31(35)30(21)28)18-27(25)39-34(40-32)46-19-29-22-6-8-23(16-22)41(29)2/h3-5,7,9,22-24,29H,1,6,8,10-11,13-19H2,2H3/t22?,23?,24-,29+/m0/s1. The van der Waals surface area contributed by atoms with Crippen LogP contribution >= 0.6 is 11.6 Å². The van der Waals surface area contributed by atoms with Crippen molar-refractivity contribution in [3.05, 3.63) is 64.8 Å². The molecule has 2 aromatic carbocycles. The molecule has 2 saturated heterocycles. The van der Waals surface area contributed by atoms with Crippen molar-refractivity contribution in [2.75, 3.05) is 49.6 Å². The van der Waals surface area contributed by atoms with Crippen molar-refractivity contribution in [1.29, 1.82) is 5.26 Å². The van der Waals surface area contributed by atoms with Gasteiger partial charge in [-0.3, -0.25) is 9.69 Å². The highest BCUT2D eigenvalue weighted by Gasteiger charge is 2.44. The summed E-state index contributed by atoms with van der Waals surface area (Å²) in [7, 11) is 2.16. The molecular weight excluding hydrogens is 612 g/mol. The monoisotopic (exact) mass is 647 g/mol. The molecule has 3 aromatic rings. The number of piperazine rings is 1. The lowest BCUT2D eigenvalue weighted by Gasteiger charge is -2.42. The van der Waals surface area contributed by atoms with Crippen LogP contribution in [0.5, 0.6) is 6.01 Å². The molecule has 46 heavy (non-hydrogen) atoms. The van der Waals surface area contributed by atoms with E-state index in [0.717, 1.165) is 22.3 Å². The van der Waals surface area contributed by atoms with Crippen LogP contribution in [0.4, 0.5) is 20.3 Å². The van der Waals surface area contributed by atoms with Crippen molar-refractivity contribution >= 4 is 39.8 Å². The number of likely N-dealkylation sites (tertiary alicyclic amines) is 1. The summed E-state index contributed by atoms with van der Waals surface area (Å²) in [4.78, 5) is 30.4. The molecule has 4 atom stereocenters. The normalized spacial score (nSPS) is 24.3. The van der Waals surface area contributed by atoms with Crippen LogP contribution in [0.3, 0.4) is 0 Å². The van der Waals surface area contributed by atoms with E-state index in [1.54, 1.807) is 6.07 Å². The molecule has 7 rings (SSSR count). The molecule has 9 nitrogen and oxygen atoms in total. The number of nitriles is 1. The average molecular weight is 648 g/mol. The first-order valence-electron chi connectivity index (χ1n) is 15.9. The highest BCUT2D eigenvalue weighted by molar-refractivity contribution is 6.36. The Morgan fingerprint density at radius 3 is 2.78 bits per heavy atom. The van der Waals surface area contributed by atoms with Crippen LogP contribution in [0, 0.1) is 23.1 Å². The second-order valence-electron chi connectivity index (χ2n) is 12.8. The summed E-state index contributed by atoms with van der Waals surface area (Å²) in [6, 6.07) is 11.7. The fourth-order valence-electron chi connectivity index (χ4n) is 7.95. The minimum absolute atomic E-state index is 0.0505. The molecule has 1 amide bonds. The number of halogens is 3. The Morgan fingerprint density at radius 2 is 2.02 bits per heavy atom. The molecule has 0 radical (unpaired) electrons. The summed E-state index contributed by atoms with van der Waals surface area (Å²) in [6.07, 6.45) is 4.28. The van der Waals surface area contributed by atoms with Gasteiger partial charge in [0.15, 0.2) is 5.83 Å². The number of fused-ring (bicyclic) bond motifs is 4. The van der Waals surface area contributed by atoms with Gasteiger partial charge in [0.25, 0.3) is 5.91 Å². The van der Waals surface area contributed by atoms with Crippen molar-refractivity contribution in [2.24, 2.45) is 5.92 Å². The fourth-order valence-corrected chi connectivity index (χ4v) is 8.22. The van der Waals surface area contributed by atoms with Gasteiger partial charge in [0.2, 0.25) is 0 Å². The third-order valence-corrected chi connectivity index (χ3v) is 10.7. The van der Waals surface area contributed by atoms with Crippen molar-refractivity contribution in [3.8, 4) is 12.1 Å². The molecule has 1 aliphatic carbocycles. The molecule has 3 aliphatic heterocycles. The number of rotatable bonds is 7. The zero-order valence-corrected chi connectivity index (χ0v) is 26.5. The maximum atomic E-state index is 14.6. The van der Waals surface area contributed by atoms with Crippen LogP contribution < -0.4 is 14.5 Å². The lowest BCUT2D eigenvalue weighted by atomic mass is 10.00. The minimum Gasteiger partial charge on any atom is -0.462 e. The van der Waals surface area contributed by atoms with E-state index in [1.807, 2.05) is 18.2 Å². The number of anilines is 2. The van der Waals surface area contributed by atoms with Gasteiger partial charge in [-0.2, -0.15) is 15.2 Å². The van der Waals surface area contributed by atoms with Crippen molar-refractivity contribution in [1.82, 2.24) is 19.8 Å². The van der Waals surface area contributed by atoms with Crippen molar-refractivity contribution in [3.63, 3.8) is 0 Å². The summed E-state index contributed by atoms with van der Waals surface area (Å²) in [5.41, 5.74) is 2.58. The number of carbonyl (C=O) groups excluding carboxylic acids is 1. The number of nitrogens with zero attached hydrogens (tertiary/aromatic N) is 7. The second-order valence-corrected chi connectivity index (χ2v) is 13.2. The highest BCUT2D eigenvalue weighted by atomic mass is 35.5. The Kier molecular flexibility index (Phi) is 8.19. The summed E-state index contributed by atoms with van der Waals surface area (Å²) in [5.74, 6) is -0.986. The Labute approximate surface area is 272 Å². The largest absolute Gasteiger partial charge is 0.462 e. The molecule has 4 aliphatic rings. The van der Waals surface area contributed by atoms with Gasteiger partial charge in [0.1, 0.15) is 18.2 Å². The number of hydrogen-bond acceptors (Lipinski definition) is 8. The van der Waals surface area contributed by atoms with E-state index in [4.69, 9.17) is 26.3 Å². The van der Waals surface area contributed by atoms with Crippen LogP contribution in [-0.2, 0) is 17.8 Å². The summed E-state index contributed by atoms with van der Waals surface area (Å²) >= 11 is 6.50. The van der Waals surface area contributed by atoms with Crippen LogP contribution in [0.15, 0.2) is 42.7 Å². The molecular formula is C34H36ClF2N7O2. The molecule has 4 heterocycles. The first kappa shape index (κ1) is 30.6. The summed E-state index contributed by atoms with van der Waals surface area (Å²) in [6.45, 7) is 5.65. The van der Waals surface area contributed by atoms with Crippen LogP contribution in [0.25, 0.3) is 10.8 Å². The van der Waals surface area contributed by atoms with Crippen LogP contribution in [-0.4, -0.2) is 83.6 Å². The Morgan fingerprint density at radius 1 is 1.17 bits per heavy atom. The highest BCUT2D eigenvalue weighted by Crippen LogP contribution is 2.42. The van der Waals surface area contributed by atoms with Gasteiger partial charge in [-0.25, -0.2) is 8.78 Å². The zero-order chi connectivity index (χ0) is 32.1. The fraction of sp³-hybridized carbons (Fsp3) is 0.471. The van der Waals surface area contributed by atoms with Crippen LogP contribution in [0.2, 0.25) is 5.02 Å². The van der Waals surface area contributed by atoms with Gasteiger partial charge < -0.3 is 19.4 Å². The third kappa shape index (κ3) is 5.41. The zero-order valence-electron chi connectivity index (χ0n) is 25.8. The second kappa shape index (κ2) is 12.3. The number of carbonyl (C=O) groups is 1. The topological polar surface area (TPSA) is 88.8 Å². The van der Waals surface area contributed by atoms with Gasteiger partial charge in [0.05, 0.1) is 35.8 Å². The Hall–Kier alpha value is -4.01. The van der Waals surface area contributed by atoms with Gasteiger partial charge in [-0.05, 0) is 56.2 Å². The smallest absolute Gasteiger partial charge is 0.318 e. The summed E-state index contributed by atoms with van der Waals surface area (Å²) < 4.78 is 34.8. The minimum atomic E-state index is -1.04. The molecule has 12 heteroatoms. The van der Waals surface area contributed by atoms with Gasteiger partial charge >= 0.3 is 6.01 Å². The molecule has 3 fully saturated rings. The lowest BCUT2D eigenvalue weighted by Crippen LogP contribution is -2.55. The van der Waals surface area contributed by atoms with E-state index < -0.39 is 23.6 Å². The maximum absolute atomic E-state index is 14.6. The molecule has 2 bridgehead atoms. The van der Waals surface area contributed by atoms with Crippen molar-refractivity contribution < 1.29 is 18.3 Å². The number of benzene rings is 2. The first-order chi connectivity index (χ1) is 22.2. The first-order valence-corrected chi connectivity index (χ1v) is 16.2. The van der Waals surface area contributed by atoms with E-state index in [-0.39, 0.29) is 24.0 Å². The predicted octanol–water partition coefficient (Wildman–Crippen LogP) is 5.26. The Bertz CT molecular complexity index is 1750. The number of likely N-dealkylation sites (N-methyl/N-ethyl adjacent to an activating group) is 1. The molecule has 2 unspecified atom stereocenters. The van der Waals surface area contributed by atoms with E-state index in [0.29, 0.717) is 68.4 Å². The SMILES string of the molecule is C=C(F)C(=O)N1CCN(c2nc(OC[C@@H]3C4CCC(C4)N3C)nc3c2CCN(c2cccc4ccc(F)c(Cl)c24)C3)C[C@@H]1CC#N. The molecule has 0 spiro atoms. The number of hydrogen-bond donors (Lipinski definition) is 0. The quantitative estimate of drug-likeness (QED) is 0.321.